The van der Waals surface area contributed by atoms with Gasteiger partial charge in [0.25, 0.3) is 0 Å². The molecule has 27 heavy (non-hydrogen) atoms. The van der Waals surface area contributed by atoms with Crippen LogP contribution in [0.15, 0.2) is 42.5 Å². The molecule has 2 aromatic carbocycles. The van der Waals surface area contributed by atoms with Crippen LogP contribution < -0.4 is 10.2 Å². The second-order valence-corrected chi connectivity index (χ2v) is 7.36. The lowest BCUT2D eigenvalue weighted by Gasteiger charge is -2.24. The van der Waals surface area contributed by atoms with Gasteiger partial charge in [0.15, 0.2) is 0 Å². The Kier molecular flexibility index (Phi) is 6.31. The van der Waals surface area contributed by atoms with Crippen molar-refractivity contribution in [3.05, 3.63) is 59.7 Å². The first-order valence-corrected chi connectivity index (χ1v) is 8.72. The standard InChI is InChI=1S/C21H24F2N2O2/c1-14(26)25(19-10-9-15(22)13-17(19)23)12-11-20(27)24-18-8-6-5-7-16(18)21(2,3)4/h5-10,13H,11-12H2,1-4H3,(H,24,27). The average molecular weight is 374 g/mol. The number of amides is 2. The van der Waals surface area contributed by atoms with Gasteiger partial charge in [0.2, 0.25) is 11.8 Å². The van der Waals surface area contributed by atoms with E-state index in [1.807, 2.05) is 45.0 Å². The molecule has 6 heteroatoms. The molecule has 0 saturated heterocycles. The fourth-order valence-corrected chi connectivity index (χ4v) is 2.82. The zero-order valence-corrected chi connectivity index (χ0v) is 16.0. The number of carbonyl (C=O) groups is 2. The summed E-state index contributed by atoms with van der Waals surface area (Å²) in [5.74, 6) is -2.29. The van der Waals surface area contributed by atoms with Crippen LogP contribution in [-0.4, -0.2) is 18.4 Å². The van der Waals surface area contributed by atoms with Crippen LogP contribution in [0, 0.1) is 11.6 Å². The number of carbonyl (C=O) groups excluding carboxylic acids is 2. The number of anilines is 2. The van der Waals surface area contributed by atoms with Crippen molar-refractivity contribution in [3.63, 3.8) is 0 Å². The second-order valence-electron chi connectivity index (χ2n) is 7.36. The average Bonchev–Trinajstić information content (AvgIpc) is 2.56. The lowest BCUT2D eigenvalue weighted by molar-refractivity contribution is -0.117. The molecule has 0 bridgehead atoms. The van der Waals surface area contributed by atoms with Crippen molar-refractivity contribution >= 4 is 23.2 Å². The third-order valence-electron chi connectivity index (χ3n) is 4.15. The van der Waals surface area contributed by atoms with E-state index in [2.05, 4.69) is 5.32 Å². The maximum absolute atomic E-state index is 14.0. The maximum Gasteiger partial charge on any atom is 0.226 e. The Labute approximate surface area is 158 Å². The number of para-hydroxylation sites is 1. The van der Waals surface area contributed by atoms with Gasteiger partial charge in [0.05, 0.1) is 5.69 Å². The lowest BCUT2D eigenvalue weighted by Crippen LogP contribution is -2.32. The van der Waals surface area contributed by atoms with Gasteiger partial charge < -0.3 is 10.2 Å². The van der Waals surface area contributed by atoms with Crippen LogP contribution >= 0.6 is 0 Å². The summed E-state index contributed by atoms with van der Waals surface area (Å²) >= 11 is 0. The number of halogens is 2. The molecule has 2 rings (SSSR count). The molecule has 0 heterocycles. The van der Waals surface area contributed by atoms with Gasteiger partial charge >= 0.3 is 0 Å². The number of hydrogen-bond acceptors (Lipinski definition) is 2. The molecule has 0 atom stereocenters. The molecular weight excluding hydrogens is 350 g/mol. The summed E-state index contributed by atoms with van der Waals surface area (Å²) < 4.78 is 27.1. The van der Waals surface area contributed by atoms with Gasteiger partial charge in [-0.1, -0.05) is 39.0 Å². The largest absolute Gasteiger partial charge is 0.326 e. The quantitative estimate of drug-likeness (QED) is 0.829. The summed E-state index contributed by atoms with van der Waals surface area (Å²) in [5, 5.41) is 2.86. The van der Waals surface area contributed by atoms with Crippen LogP contribution in [0.3, 0.4) is 0 Å². The Morgan fingerprint density at radius 1 is 1.07 bits per heavy atom. The Hall–Kier alpha value is -2.76. The van der Waals surface area contributed by atoms with Gasteiger partial charge in [-0.25, -0.2) is 8.78 Å². The number of nitrogens with one attached hydrogen (secondary N) is 1. The third-order valence-corrected chi connectivity index (χ3v) is 4.15. The van der Waals surface area contributed by atoms with Crippen molar-refractivity contribution in [1.29, 1.82) is 0 Å². The van der Waals surface area contributed by atoms with Crippen LogP contribution in [0.1, 0.15) is 39.7 Å². The minimum absolute atomic E-state index is 0.0125. The molecule has 0 spiro atoms. The smallest absolute Gasteiger partial charge is 0.226 e. The highest BCUT2D eigenvalue weighted by Gasteiger charge is 2.20. The summed E-state index contributed by atoms with van der Waals surface area (Å²) in [6, 6.07) is 10.5. The van der Waals surface area contributed by atoms with Crippen molar-refractivity contribution in [2.45, 2.75) is 39.5 Å². The van der Waals surface area contributed by atoms with Gasteiger partial charge in [-0.3, -0.25) is 9.59 Å². The first-order chi connectivity index (χ1) is 12.6. The Morgan fingerprint density at radius 2 is 1.74 bits per heavy atom. The van der Waals surface area contributed by atoms with Crippen molar-refractivity contribution in [2.75, 3.05) is 16.8 Å². The number of benzene rings is 2. The van der Waals surface area contributed by atoms with Crippen LogP contribution in [0.2, 0.25) is 0 Å². The van der Waals surface area contributed by atoms with E-state index in [1.165, 1.54) is 13.0 Å². The van der Waals surface area contributed by atoms with E-state index in [0.29, 0.717) is 11.8 Å². The van der Waals surface area contributed by atoms with E-state index < -0.39 is 17.5 Å². The monoisotopic (exact) mass is 374 g/mol. The van der Waals surface area contributed by atoms with Crippen LogP contribution in [0.4, 0.5) is 20.2 Å². The zero-order chi connectivity index (χ0) is 20.2. The minimum Gasteiger partial charge on any atom is -0.326 e. The maximum atomic E-state index is 14.0. The summed E-state index contributed by atoms with van der Waals surface area (Å²) in [5.41, 5.74) is 1.50. The third kappa shape index (κ3) is 5.36. The molecule has 1 N–H and O–H groups in total. The molecule has 2 aromatic rings. The van der Waals surface area contributed by atoms with Crippen molar-refractivity contribution in [1.82, 2.24) is 0 Å². The highest BCUT2D eigenvalue weighted by atomic mass is 19.1. The summed E-state index contributed by atoms with van der Waals surface area (Å²) in [7, 11) is 0. The molecule has 2 amide bonds. The molecule has 0 saturated carbocycles. The van der Waals surface area contributed by atoms with Crippen LogP contribution in [0.5, 0.6) is 0 Å². The zero-order valence-electron chi connectivity index (χ0n) is 16.0. The van der Waals surface area contributed by atoms with Crippen molar-refractivity contribution < 1.29 is 18.4 Å². The van der Waals surface area contributed by atoms with E-state index in [1.54, 1.807) is 0 Å². The van der Waals surface area contributed by atoms with Crippen LogP contribution in [0.25, 0.3) is 0 Å². The van der Waals surface area contributed by atoms with Gasteiger partial charge in [-0.15, -0.1) is 0 Å². The molecular formula is C21H24F2N2O2. The van der Waals surface area contributed by atoms with E-state index in [-0.39, 0.29) is 30.0 Å². The first-order valence-electron chi connectivity index (χ1n) is 8.72. The Morgan fingerprint density at radius 3 is 2.33 bits per heavy atom. The number of hydrogen-bond donors (Lipinski definition) is 1. The van der Waals surface area contributed by atoms with E-state index in [9.17, 15) is 18.4 Å². The molecule has 4 nitrogen and oxygen atoms in total. The predicted molar refractivity (Wildman–Crippen MR) is 103 cm³/mol. The normalized spacial score (nSPS) is 11.2. The SMILES string of the molecule is CC(=O)N(CCC(=O)Nc1ccccc1C(C)(C)C)c1ccc(F)cc1F. The number of nitrogens with zero attached hydrogens (tertiary/aromatic N) is 1. The second kappa shape index (κ2) is 8.29. The van der Waals surface area contributed by atoms with Gasteiger partial charge in [-0.05, 0) is 29.2 Å². The number of rotatable bonds is 5. The van der Waals surface area contributed by atoms with E-state index >= 15 is 0 Å². The molecule has 0 aliphatic heterocycles. The fraction of sp³-hybridized carbons (Fsp3) is 0.333. The molecule has 0 aliphatic rings. The van der Waals surface area contributed by atoms with Crippen LogP contribution in [-0.2, 0) is 15.0 Å². The first kappa shape index (κ1) is 20.6. The Balaban J connectivity index is 2.11. The summed E-state index contributed by atoms with van der Waals surface area (Å²) in [6.45, 7) is 7.41. The van der Waals surface area contributed by atoms with Gasteiger partial charge in [0, 0.05) is 31.6 Å². The van der Waals surface area contributed by atoms with Gasteiger partial charge in [0.1, 0.15) is 11.6 Å². The topological polar surface area (TPSA) is 49.4 Å². The van der Waals surface area contributed by atoms with E-state index in [0.717, 1.165) is 16.5 Å². The predicted octanol–water partition coefficient (Wildman–Crippen LogP) is 4.64. The molecule has 0 radical (unpaired) electrons. The van der Waals surface area contributed by atoms with Crippen molar-refractivity contribution in [2.24, 2.45) is 0 Å². The highest BCUT2D eigenvalue weighted by molar-refractivity contribution is 5.95. The molecule has 0 aromatic heterocycles. The van der Waals surface area contributed by atoms with E-state index in [4.69, 9.17) is 0 Å². The Bertz CT molecular complexity index is 844. The fourth-order valence-electron chi connectivity index (χ4n) is 2.82. The minimum atomic E-state index is -0.844. The molecule has 0 fully saturated rings. The molecule has 0 unspecified atom stereocenters. The highest BCUT2D eigenvalue weighted by Crippen LogP contribution is 2.29. The summed E-state index contributed by atoms with van der Waals surface area (Å²) in [6.07, 6.45) is -0.0190. The lowest BCUT2D eigenvalue weighted by atomic mass is 9.86. The molecule has 0 aliphatic carbocycles. The van der Waals surface area contributed by atoms with Crippen molar-refractivity contribution in [3.8, 4) is 0 Å². The van der Waals surface area contributed by atoms with Gasteiger partial charge in [-0.2, -0.15) is 0 Å². The molecule has 144 valence electrons. The summed E-state index contributed by atoms with van der Waals surface area (Å²) in [4.78, 5) is 25.4.